The van der Waals surface area contributed by atoms with Crippen LogP contribution in [0, 0.1) is 0 Å². The Labute approximate surface area is 117 Å². The third-order valence-corrected chi connectivity index (χ3v) is 4.32. The van der Waals surface area contributed by atoms with Gasteiger partial charge in [0.2, 0.25) is 0 Å². The van der Waals surface area contributed by atoms with E-state index in [0.29, 0.717) is 12.1 Å². The predicted molar refractivity (Wildman–Crippen MR) is 75.4 cm³/mol. The lowest BCUT2D eigenvalue weighted by Crippen LogP contribution is -2.60. The molecule has 2 rings (SSSR count). The van der Waals surface area contributed by atoms with Gasteiger partial charge in [-0.2, -0.15) is 0 Å². The molecule has 0 amide bonds. The Morgan fingerprint density at radius 1 is 1.11 bits per heavy atom. The number of hydrogen-bond donors (Lipinski definition) is 1. The summed E-state index contributed by atoms with van der Waals surface area (Å²) in [6.07, 6.45) is 8.58. The standard InChI is InChI=1S/C15H29NO3/c1-3-18-14-11-13(15(14)17-2)16-9-10-19-12-7-5-4-6-8-12/h12-16H,3-11H2,1-2H3. The van der Waals surface area contributed by atoms with Crippen LogP contribution in [0.4, 0.5) is 0 Å². The van der Waals surface area contributed by atoms with Crippen LogP contribution in [0.15, 0.2) is 0 Å². The highest BCUT2D eigenvalue weighted by atomic mass is 16.5. The third kappa shape index (κ3) is 4.42. The van der Waals surface area contributed by atoms with Crippen molar-refractivity contribution in [1.29, 1.82) is 0 Å². The van der Waals surface area contributed by atoms with Crippen LogP contribution in [-0.2, 0) is 14.2 Å². The van der Waals surface area contributed by atoms with Crippen LogP contribution in [0.1, 0.15) is 45.4 Å². The Morgan fingerprint density at radius 3 is 2.58 bits per heavy atom. The number of ether oxygens (including phenoxy) is 3. The van der Waals surface area contributed by atoms with Crippen LogP contribution < -0.4 is 5.32 Å². The fourth-order valence-corrected chi connectivity index (χ4v) is 3.18. The van der Waals surface area contributed by atoms with Gasteiger partial charge >= 0.3 is 0 Å². The molecular formula is C15H29NO3. The third-order valence-electron chi connectivity index (χ3n) is 4.32. The van der Waals surface area contributed by atoms with Gasteiger partial charge in [0.1, 0.15) is 0 Å². The zero-order valence-electron chi connectivity index (χ0n) is 12.4. The van der Waals surface area contributed by atoms with Crippen LogP contribution in [0.2, 0.25) is 0 Å². The Kier molecular flexibility index (Phi) is 6.57. The maximum atomic E-state index is 5.91. The van der Waals surface area contributed by atoms with E-state index < -0.39 is 0 Å². The molecule has 2 aliphatic carbocycles. The Hall–Kier alpha value is -0.160. The van der Waals surface area contributed by atoms with E-state index in [-0.39, 0.29) is 12.2 Å². The smallest absolute Gasteiger partial charge is 0.0986 e. The van der Waals surface area contributed by atoms with Crippen molar-refractivity contribution in [2.24, 2.45) is 0 Å². The minimum Gasteiger partial charge on any atom is -0.377 e. The highest BCUT2D eigenvalue weighted by Crippen LogP contribution is 2.26. The molecule has 3 unspecified atom stereocenters. The largest absolute Gasteiger partial charge is 0.377 e. The van der Waals surface area contributed by atoms with E-state index in [0.717, 1.165) is 26.2 Å². The molecule has 0 saturated heterocycles. The Balaban J connectivity index is 1.53. The van der Waals surface area contributed by atoms with Crippen molar-refractivity contribution < 1.29 is 14.2 Å². The molecule has 0 aromatic heterocycles. The van der Waals surface area contributed by atoms with E-state index in [1.807, 2.05) is 6.92 Å². The minimum atomic E-state index is 0.203. The van der Waals surface area contributed by atoms with Gasteiger partial charge in [0.15, 0.2) is 0 Å². The number of hydrogen-bond acceptors (Lipinski definition) is 4. The zero-order chi connectivity index (χ0) is 13.5. The highest BCUT2D eigenvalue weighted by Gasteiger charge is 2.41. The van der Waals surface area contributed by atoms with Gasteiger partial charge in [-0.05, 0) is 26.2 Å². The zero-order valence-corrected chi connectivity index (χ0v) is 12.4. The molecular weight excluding hydrogens is 242 g/mol. The normalized spacial score (nSPS) is 32.2. The first-order valence-electron chi connectivity index (χ1n) is 7.84. The molecule has 0 radical (unpaired) electrons. The molecule has 112 valence electrons. The molecule has 1 N–H and O–H groups in total. The van der Waals surface area contributed by atoms with E-state index in [1.165, 1.54) is 32.1 Å². The van der Waals surface area contributed by atoms with Crippen LogP contribution >= 0.6 is 0 Å². The second-order valence-corrected chi connectivity index (χ2v) is 5.62. The summed E-state index contributed by atoms with van der Waals surface area (Å²) in [6, 6.07) is 0.427. The summed E-state index contributed by atoms with van der Waals surface area (Å²) in [6.45, 7) is 4.53. The fraction of sp³-hybridized carbons (Fsp3) is 1.00. The number of nitrogens with one attached hydrogen (secondary N) is 1. The van der Waals surface area contributed by atoms with E-state index >= 15 is 0 Å². The average molecular weight is 271 g/mol. The Morgan fingerprint density at radius 2 is 1.89 bits per heavy atom. The van der Waals surface area contributed by atoms with Crippen LogP contribution in [-0.4, -0.2) is 51.2 Å². The van der Waals surface area contributed by atoms with Gasteiger partial charge in [-0.3, -0.25) is 0 Å². The first-order chi connectivity index (χ1) is 9.35. The molecule has 2 saturated carbocycles. The summed E-state index contributed by atoms with van der Waals surface area (Å²) in [5, 5.41) is 3.52. The van der Waals surface area contributed by atoms with Crippen molar-refractivity contribution in [3.05, 3.63) is 0 Å². The van der Waals surface area contributed by atoms with Gasteiger partial charge in [0, 0.05) is 26.3 Å². The average Bonchev–Trinajstić information content (AvgIpc) is 2.42. The van der Waals surface area contributed by atoms with Gasteiger partial charge < -0.3 is 19.5 Å². The van der Waals surface area contributed by atoms with E-state index in [9.17, 15) is 0 Å². The van der Waals surface area contributed by atoms with Crippen LogP contribution in [0.3, 0.4) is 0 Å². The van der Waals surface area contributed by atoms with Crippen LogP contribution in [0.5, 0.6) is 0 Å². The first-order valence-corrected chi connectivity index (χ1v) is 7.84. The predicted octanol–water partition coefficient (Wildman–Crippen LogP) is 2.12. The first kappa shape index (κ1) is 15.2. The number of rotatable bonds is 8. The van der Waals surface area contributed by atoms with E-state index in [4.69, 9.17) is 14.2 Å². The summed E-state index contributed by atoms with van der Waals surface area (Å²) >= 11 is 0. The van der Waals surface area contributed by atoms with E-state index in [2.05, 4.69) is 5.32 Å². The number of methoxy groups -OCH3 is 1. The second kappa shape index (κ2) is 8.20. The summed E-state index contributed by atoms with van der Waals surface area (Å²) in [5.74, 6) is 0. The fourth-order valence-electron chi connectivity index (χ4n) is 3.18. The van der Waals surface area contributed by atoms with Crippen LogP contribution in [0.25, 0.3) is 0 Å². The van der Waals surface area contributed by atoms with Gasteiger partial charge in [-0.1, -0.05) is 19.3 Å². The molecule has 3 atom stereocenters. The highest BCUT2D eigenvalue weighted by molar-refractivity contribution is 4.96. The lowest BCUT2D eigenvalue weighted by molar-refractivity contribution is -0.132. The molecule has 0 bridgehead atoms. The van der Waals surface area contributed by atoms with Gasteiger partial charge in [0.05, 0.1) is 24.9 Å². The topological polar surface area (TPSA) is 39.7 Å². The molecule has 4 nitrogen and oxygen atoms in total. The van der Waals surface area contributed by atoms with Crippen molar-refractivity contribution in [2.45, 2.75) is 69.8 Å². The van der Waals surface area contributed by atoms with Crippen molar-refractivity contribution in [2.75, 3.05) is 26.9 Å². The molecule has 4 heteroatoms. The lowest BCUT2D eigenvalue weighted by atomic mass is 9.85. The van der Waals surface area contributed by atoms with Gasteiger partial charge in [-0.25, -0.2) is 0 Å². The lowest BCUT2D eigenvalue weighted by Gasteiger charge is -2.43. The molecule has 2 aliphatic rings. The molecule has 2 fully saturated rings. The minimum absolute atomic E-state index is 0.203. The van der Waals surface area contributed by atoms with Gasteiger partial charge in [0.25, 0.3) is 0 Å². The monoisotopic (exact) mass is 271 g/mol. The summed E-state index contributed by atoms with van der Waals surface area (Å²) in [5.41, 5.74) is 0. The molecule has 0 aromatic carbocycles. The summed E-state index contributed by atoms with van der Waals surface area (Å²) in [7, 11) is 1.77. The summed E-state index contributed by atoms with van der Waals surface area (Å²) in [4.78, 5) is 0. The molecule has 19 heavy (non-hydrogen) atoms. The summed E-state index contributed by atoms with van der Waals surface area (Å²) < 4.78 is 17.0. The van der Waals surface area contributed by atoms with Crippen molar-refractivity contribution in [3.8, 4) is 0 Å². The molecule has 0 heterocycles. The van der Waals surface area contributed by atoms with Crippen molar-refractivity contribution in [3.63, 3.8) is 0 Å². The SMILES string of the molecule is CCOC1CC(NCCOC2CCCCC2)C1OC. The van der Waals surface area contributed by atoms with E-state index in [1.54, 1.807) is 7.11 Å². The molecule has 0 aliphatic heterocycles. The molecule has 0 spiro atoms. The quantitative estimate of drug-likeness (QED) is 0.686. The maximum absolute atomic E-state index is 5.91. The second-order valence-electron chi connectivity index (χ2n) is 5.62. The van der Waals surface area contributed by atoms with Crippen molar-refractivity contribution in [1.82, 2.24) is 5.32 Å². The van der Waals surface area contributed by atoms with Crippen molar-refractivity contribution >= 4 is 0 Å². The molecule has 0 aromatic rings. The van der Waals surface area contributed by atoms with Gasteiger partial charge in [-0.15, -0.1) is 0 Å². The maximum Gasteiger partial charge on any atom is 0.0986 e. The Bertz CT molecular complexity index is 244.